The van der Waals surface area contributed by atoms with Gasteiger partial charge in [0, 0.05) is 12.7 Å². The van der Waals surface area contributed by atoms with Crippen LogP contribution in [0.2, 0.25) is 0 Å². The Bertz CT molecular complexity index is 1230. The molecule has 1 N–H and O–H groups in total. The number of nitrogens with zero attached hydrogens (tertiary/aromatic N) is 1. The summed E-state index contributed by atoms with van der Waals surface area (Å²) in [7, 11) is 1.73. The third-order valence-corrected chi connectivity index (χ3v) is 6.08. The van der Waals surface area contributed by atoms with Gasteiger partial charge in [-0.15, -0.1) is 0 Å². The SMILES string of the molecule is Cn1c(=O)sc2cc(NC(=O)COc3ccc4ccccc4c3Br)ccc21. The molecule has 0 aliphatic heterocycles. The number of hydrogen-bond donors (Lipinski definition) is 1. The first-order valence-electron chi connectivity index (χ1n) is 8.22. The Morgan fingerprint density at radius 1 is 1.19 bits per heavy atom. The number of aromatic nitrogens is 1. The molecule has 4 rings (SSSR count). The van der Waals surface area contributed by atoms with E-state index in [0.717, 1.165) is 36.8 Å². The summed E-state index contributed by atoms with van der Waals surface area (Å²) in [4.78, 5) is 24.0. The largest absolute Gasteiger partial charge is 0.483 e. The summed E-state index contributed by atoms with van der Waals surface area (Å²) >= 11 is 4.70. The number of carbonyl (C=O) groups is 1. The van der Waals surface area contributed by atoms with E-state index in [0.29, 0.717) is 11.4 Å². The number of amides is 1. The van der Waals surface area contributed by atoms with Crippen molar-refractivity contribution < 1.29 is 9.53 Å². The highest BCUT2D eigenvalue weighted by Crippen LogP contribution is 2.33. The fourth-order valence-electron chi connectivity index (χ4n) is 2.88. The van der Waals surface area contributed by atoms with E-state index in [1.165, 1.54) is 0 Å². The van der Waals surface area contributed by atoms with Gasteiger partial charge in [-0.1, -0.05) is 41.7 Å². The molecular weight excluding hydrogens is 428 g/mol. The first kappa shape index (κ1) is 17.8. The third-order valence-electron chi connectivity index (χ3n) is 4.26. The number of aryl methyl sites for hydroxylation is 1. The maximum Gasteiger partial charge on any atom is 0.307 e. The van der Waals surface area contributed by atoms with Crippen molar-refractivity contribution in [1.29, 1.82) is 0 Å². The molecule has 0 aliphatic rings. The average molecular weight is 443 g/mol. The van der Waals surface area contributed by atoms with Gasteiger partial charge in [0.25, 0.3) is 5.91 Å². The molecule has 5 nitrogen and oxygen atoms in total. The number of thiazole rings is 1. The highest BCUT2D eigenvalue weighted by atomic mass is 79.9. The van der Waals surface area contributed by atoms with Crippen molar-refractivity contribution in [3.63, 3.8) is 0 Å². The molecule has 0 unspecified atom stereocenters. The number of benzene rings is 3. The highest BCUT2D eigenvalue weighted by molar-refractivity contribution is 9.10. The van der Waals surface area contributed by atoms with E-state index in [9.17, 15) is 9.59 Å². The van der Waals surface area contributed by atoms with Gasteiger partial charge in [-0.2, -0.15) is 0 Å². The van der Waals surface area contributed by atoms with E-state index < -0.39 is 0 Å². The minimum Gasteiger partial charge on any atom is -0.483 e. The zero-order chi connectivity index (χ0) is 19.0. The molecule has 7 heteroatoms. The van der Waals surface area contributed by atoms with E-state index in [2.05, 4.69) is 21.2 Å². The van der Waals surface area contributed by atoms with Crippen LogP contribution in [-0.2, 0) is 11.8 Å². The molecule has 1 heterocycles. The van der Waals surface area contributed by atoms with Gasteiger partial charge in [0.2, 0.25) is 0 Å². The van der Waals surface area contributed by atoms with E-state index in [1.807, 2.05) is 42.5 Å². The van der Waals surface area contributed by atoms with Crippen molar-refractivity contribution in [2.45, 2.75) is 0 Å². The number of hydrogen-bond acceptors (Lipinski definition) is 4. The Hall–Kier alpha value is -2.64. The molecule has 0 fully saturated rings. The number of nitrogens with one attached hydrogen (secondary N) is 1. The zero-order valence-corrected chi connectivity index (χ0v) is 16.8. The van der Waals surface area contributed by atoms with Crippen LogP contribution in [0, 0.1) is 0 Å². The number of halogens is 1. The first-order chi connectivity index (χ1) is 13.0. The lowest BCUT2D eigenvalue weighted by molar-refractivity contribution is -0.118. The van der Waals surface area contributed by atoms with Crippen LogP contribution in [0.4, 0.5) is 5.69 Å². The average Bonchev–Trinajstić information content (AvgIpc) is 2.95. The number of rotatable bonds is 4. The molecule has 1 amide bonds. The van der Waals surface area contributed by atoms with Crippen LogP contribution in [0.1, 0.15) is 0 Å². The summed E-state index contributed by atoms with van der Waals surface area (Å²) in [5.41, 5.74) is 1.48. The predicted molar refractivity (Wildman–Crippen MR) is 113 cm³/mol. The molecule has 0 saturated carbocycles. The number of anilines is 1. The van der Waals surface area contributed by atoms with Crippen LogP contribution in [0.15, 0.2) is 63.9 Å². The fraction of sp³-hybridized carbons (Fsp3) is 0.100. The molecule has 136 valence electrons. The van der Waals surface area contributed by atoms with Gasteiger partial charge in [0.15, 0.2) is 6.61 Å². The number of carbonyl (C=O) groups excluding carboxylic acids is 1. The minimum atomic E-state index is -0.266. The van der Waals surface area contributed by atoms with Crippen molar-refractivity contribution in [3.8, 4) is 5.75 Å². The van der Waals surface area contributed by atoms with Crippen molar-refractivity contribution in [2.24, 2.45) is 7.05 Å². The molecule has 3 aromatic carbocycles. The molecule has 0 bridgehead atoms. The standard InChI is InChI=1S/C20H15BrN2O3S/c1-23-15-8-7-13(10-17(15)27-20(23)25)22-18(24)11-26-16-9-6-12-4-2-3-5-14(12)19(16)21/h2-10H,11H2,1H3,(H,22,24). The third kappa shape index (κ3) is 3.48. The van der Waals surface area contributed by atoms with Gasteiger partial charge in [0.1, 0.15) is 5.75 Å². The lowest BCUT2D eigenvalue weighted by Crippen LogP contribution is -2.20. The summed E-state index contributed by atoms with van der Waals surface area (Å²) in [5, 5.41) is 4.93. The van der Waals surface area contributed by atoms with Gasteiger partial charge in [-0.05, 0) is 51.0 Å². The summed E-state index contributed by atoms with van der Waals surface area (Å²) in [5.74, 6) is 0.346. The maximum absolute atomic E-state index is 12.3. The smallest absolute Gasteiger partial charge is 0.307 e. The zero-order valence-electron chi connectivity index (χ0n) is 14.4. The van der Waals surface area contributed by atoms with Gasteiger partial charge in [-0.25, -0.2) is 0 Å². The Morgan fingerprint density at radius 3 is 2.85 bits per heavy atom. The normalized spacial score (nSPS) is 11.0. The van der Waals surface area contributed by atoms with Gasteiger partial charge < -0.3 is 14.6 Å². The highest BCUT2D eigenvalue weighted by Gasteiger charge is 2.10. The first-order valence-corrected chi connectivity index (χ1v) is 9.83. The van der Waals surface area contributed by atoms with Crippen molar-refractivity contribution in [1.82, 2.24) is 4.57 Å². The molecule has 0 radical (unpaired) electrons. The fourth-order valence-corrected chi connectivity index (χ4v) is 4.40. The molecule has 0 atom stereocenters. The summed E-state index contributed by atoms with van der Waals surface area (Å²) in [6.07, 6.45) is 0. The number of ether oxygens (including phenoxy) is 1. The van der Waals surface area contributed by atoms with E-state index in [1.54, 1.807) is 23.7 Å². The molecule has 4 aromatic rings. The van der Waals surface area contributed by atoms with Gasteiger partial charge in [0.05, 0.1) is 14.7 Å². The monoisotopic (exact) mass is 442 g/mol. The summed E-state index contributed by atoms with van der Waals surface area (Å²) in [6.45, 7) is -0.111. The Morgan fingerprint density at radius 2 is 2.00 bits per heavy atom. The van der Waals surface area contributed by atoms with Crippen LogP contribution in [0.3, 0.4) is 0 Å². The topological polar surface area (TPSA) is 60.3 Å². The molecule has 0 spiro atoms. The maximum atomic E-state index is 12.3. The Balaban J connectivity index is 1.47. The van der Waals surface area contributed by atoms with Crippen molar-refractivity contribution in [3.05, 3.63) is 68.7 Å². The van der Waals surface area contributed by atoms with Crippen LogP contribution in [0.5, 0.6) is 5.75 Å². The van der Waals surface area contributed by atoms with Crippen molar-refractivity contribution >= 4 is 59.9 Å². The molecule has 27 heavy (non-hydrogen) atoms. The van der Waals surface area contributed by atoms with E-state index in [-0.39, 0.29) is 17.4 Å². The summed E-state index contributed by atoms with van der Waals surface area (Å²) < 4.78 is 8.92. The van der Waals surface area contributed by atoms with Gasteiger partial charge >= 0.3 is 4.87 Å². The Labute approximate surface area is 167 Å². The van der Waals surface area contributed by atoms with Crippen molar-refractivity contribution in [2.75, 3.05) is 11.9 Å². The lowest BCUT2D eigenvalue weighted by atomic mass is 10.1. The quantitative estimate of drug-likeness (QED) is 0.504. The molecule has 1 aromatic heterocycles. The lowest BCUT2D eigenvalue weighted by Gasteiger charge is -2.11. The second kappa shape index (κ2) is 7.17. The van der Waals surface area contributed by atoms with Crippen LogP contribution < -0.4 is 14.9 Å². The predicted octanol–water partition coefficient (Wildman–Crippen LogP) is 4.53. The Kier molecular flexibility index (Phi) is 4.72. The number of fused-ring (bicyclic) bond motifs is 2. The van der Waals surface area contributed by atoms with Crippen LogP contribution in [0.25, 0.3) is 21.0 Å². The van der Waals surface area contributed by atoms with Crippen LogP contribution in [-0.4, -0.2) is 17.1 Å². The van der Waals surface area contributed by atoms with Crippen LogP contribution >= 0.6 is 27.3 Å². The summed E-state index contributed by atoms with van der Waals surface area (Å²) in [6, 6.07) is 17.1. The molecular formula is C20H15BrN2O3S. The van der Waals surface area contributed by atoms with Gasteiger partial charge in [-0.3, -0.25) is 9.59 Å². The van der Waals surface area contributed by atoms with E-state index in [4.69, 9.17) is 4.74 Å². The second-order valence-electron chi connectivity index (χ2n) is 6.05. The second-order valence-corrected chi connectivity index (χ2v) is 7.83. The van der Waals surface area contributed by atoms with E-state index >= 15 is 0 Å². The molecule has 0 aliphatic carbocycles. The molecule has 0 saturated heterocycles. The minimum absolute atomic E-state index is 0.0297.